The van der Waals surface area contributed by atoms with Crippen LogP contribution in [0.5, 0.6) is 11.5 Å². The number of sulfonamides is 1. The molecular weight excluding hydrogens is 278 g/mol. The molecule has 18 heavy (non-hydrogen) atoms. The number of benzene rings is 1. The average Bonchev–Trinajstić information content (AvgIpc) is 2.37. The maximum atomic E-state index is 11.4. The molecule has 1 atom stereocenters. The third-order valence-electron chi connectivity index (χ3n) is 2.41. The molecule has 1 aromatic carbocycles. The normalized spacial score (nSPS) is 13.1. The van der Waals surface area contributed by atoms with Crippen LogP contribution in [0.2, 0.25) is 0 Å². The smallest absolute Gasteiger partial charge is 0.226 e. The standard InChI is InChI=1S/C11H16ClNO4S/c1-8(13-18(14,15)7-12)9-4-5-10(16-2)11(6-9)17-3/h4-6,8,13H,7H2,1-3H3. The summed E-state index contributed by atoms with van der Waals surface area (Å²) in [6.07, 6.45) is 0. The zero-order chi connectivity index (χ0) is 13.8. The second kappa shape index (κ2) is 6.26. The van der Waals surface area contributed by atoms with Crippen LogP contribution in [0.1, 0.15) is 18.5 Å². The molecule has 0 saturated heterocycles. The lowest BCUT2D eigenvalue weighted by molar-refractivity contribution is 0.354. The van der Waals surface area contributed by atoms with Crippen LogP contribution in [0, 0.1) is 0 Å². The Bertz CT molecular complexity index is 504. The Morgan fingerprint density at radius 2 is 1.89 bits per heavy atom. The van der Waals surface area contributed by atoms with Crippen LogP contribution in [0.4, 0.5) is 0 Å². The maximum Gasteiger partial charge on any atom is 0.226 e. The summed E-state index contributed by atoms with van der Waals surface area (Å²) in [4.78, 5) is 0. The summed E-state index contributed by atoms with van der Waals surface area (Å²) >= 11 is 5.34. The summed E-state index contributed by atoms with van der Waals surface area (Å²) in [5, 5.41) is -0.468. The van der Waals surface area contributed by atoms with Crippen LogP contribution in [0.3, 0.4) is 0 Å². The van der Waals surface area contributed by atoms with Gasteiger partial charge in [0, 0.05) is 6.04 Å². The first-order valence-corrected chi connectivity index (χ1v) is 7.40. The van der Waals surface area contributed by atoms with Crippen molar-refractivity contribution in [3.63, 3.8) is 0 Å². The minimum Gasteiger partial charge on any atom is -0.493 e. The third-order valence-corrected chi connectivity index (χ3v) is 4.27. The van der Waals surface area contributed by atoms with Crippen molar-refractivity contribution in [1.82, 2.24) is 4.72 Å². The van der Waals surface area contributed by atoms with Crippen molar-refractivity contribution >= 4 is 21.6 Å². The van der Waals surface area contributed by atoms with E-state index in [0.717, 1.165) is 5.56 Å². The van der Waals surface area contributed by atoms with E-state index in [-0.39, 0.29) is 0 Å². The zero-order valence-corrected chi connectivity index (χ0v) is 12.0. The Labute approximate surface area is 112 Å². The Hall–Kier alpha value is -0.980. The van der Waals surface area contributed by atoms with Crippen molar-refractivity contribution in [2.24, 2.45) is 0 Å². The topological polar surface area (TPSA) is 64.6 Å². The number of ether oxygens (including phenoxy) is 2. The molecule has 0 aliphatic carbocycles. The van der Waals surface area contributed by atoms with E-state index in [1.807, 2.05) is 0 Å². The van der Waals surface area contributed by atoms with Gasteiger partial charge in [0.1, 0.15) is 5.21 Å². The molecule has 1 rings (SSSR count). The monoisotopic (exact) mass is 293 g/mol. The minimum atomic E-state index is -3.46. The van der Waals surface area contributed by atoms with Crippen LogP contribution in [-0.2, 0) is 10.0 Å². The molecule has 1 unspecified atom stereocenters. The van der Waals surface area contributed by atoms with Gasteiger partial charge in [-0.05, 0) is 24.6 Å². The molecule has 0 aromatic heterocycles. The first-order chi connectivity index (χ1) is 8.43. The molecule has 0 heterocycles. The molecule has 0 radical (unpaired) electrons. The van der Waals surface area contributed by atoms with E-state index in [4.69, 9.17) is 21.1 Å². The Balaban J connectivity index is 2.97. The van der Waals surface area contributed by atoms with E-state index in [9.17, 15) is 8.42 Å². The van der Waals surface area contributed by atoms with Gasteiger partial charge < -0.3 is 9.47 Å². The zero-order valence-electron chi connectivity index (χ0n) is 10.4. The predicted molar refractivity (Wildman–Crippen MR) is 70.7 cm³/mol. The second-order valence-corrected chi connectivity index (χ2v) is 6.02. The molecule has 0 saturated carbocycles. The summed E-state index contributed by atoms with van der Waals surface area (Å²) in [5.41, 5.74) is 0.765. The fraction of sp³-hybridized carbons (Fsp3) is 0.455. The highest BCUT2D eigenvalue weighted by Gasteiger charge is 2.16. The van der Waals surface area contributed by atoms with Gasteiger partial charge >= 0.3 is 0 Å². The van der Waals surface area contributed by atoms with Crippen molar-refractivity contribution in [1.29, 1.82) is 0 Å². The van der Waals surface area contributed by atoms with E-state index < -0.39 is 21.3 Å². The molecule has 0 bridgehead atoms. The van der Waals surface area contributed by atoms with Gasteiger partial charge in [0.2, 0.25) is 10.0 Å². The average molecular weight is 294 g/mol. The van der Waals surface area contributed by atoms with Crippen molar-refractivity contribution in [2.75, 3.05) is 19.4 Å². The van der Waals surface area contributed by atoms with Crippen LogP contribution in [0.25, 0.3) is 0 Å². The Morgan fingerprint density at radius 3 is 2.39 bits per heavy atom. The molecule has 0 aliphatic heterocycles. The van der Waals surface area contributed by atoms with Gasteiger partial charge in [0.25, 0.3) is 0 Å². The molecule has 0 spiro atoms. The van der Waals surface area contributed by atoms with E-state index in [2.05, 4.69) is 4.72 Å². The SMILES string of the molecule is COc1ccc(C(C)NS(=O)(=O)CCl)cc1OC. The quantitative estimate of drug-likeness (QED) is 0.814. The van der Waals surface area contributed by atoms with Gasteiger partial charge in [-0.2, -0.15) is 0 Å². The number of rotatable bonds is 6. The van der Waals surface area contributed by atoms with Crippen molar-refractivity contribution < 1.29 is 17.9 Å². The van der Waals surface area contributed by atoms with Crippen LogP contribution < -0.4 is 14.2 Å². The van der Waals surface area contributed by atoms with E-state index in [1.165, 1.54) is 14.2 Å². The van der Waals surface area contributed by atoms with Crippen LogP contribution in [0.15, 0.2) is 18.2 Å². The molecule has 1 aromatic rings. The molecule has 0 amide bonds. The number of alkyl halides is 1. The molecule has 7 heteroatoms. The highest BCUT2D eigenvalue weighted by molar-refractivity contribution is 7.90. The number of hydrogen-bond acceptors (Lipinski definition) is 4. The lowest BCUT2D eigenvalue weighted by Gasteiger charge is -2.15. The number of methoxy groups -OCH3 is 2. The predicted octanol–water partition coefficient (Wildman–Crippen LogP) is 1.88. The highest BCUT2D eigenvalue weighted by atomic mass is 35.5. The van der Waals surface area contributed by atoms with Gasteiger partial charge in [0.05, 0.1) is 14.2 Å². The molecular formula is C11H16ClNO4S. The summed E-state index contributed by atoms with van der Waals surface area (Å²) in [6.45, 7) is 1.73. The van der Waals surface area contributed by atoms with Crippen LogP contribution >= 0.6 is 11.6 Å². The molecule has 5 nitrogen and oxygen atoms in total. The van der Waals surface area contributed by atoms with Crippen LogP contribution in [-0.4, -0.2) is 27.8 Å². The first-order valence-electron chi connectivity index (χ1n) is 5.21. The third kappa shape index (κ3) is 3.76. The second-order valence-electron chi connectivity index (χ2n) is 3.68. The summed E-state index contributed by atoms with van der Waals surface area (Å²) in [5.74, 6) is 1.14. The molecule has 1 N–H and O–H groups in total. The first kappa shape index (κ1) is 15.1. The van der Waals surface area contributed by atoms with Crippen molar-refractivity contribution in [3.8, 4) is 11.5 Å². The molecule has 0 aliphatic rings. The maximum absolute atomic E-state index is 11.4. The fourth-order valence-corrected chi connectivity index (χ4v) is 2.42. The lowest BCUT2D eigenvalue weighted by Crippen LogP contribution is -2.27. The van der Waals surface area contributed by atoms with Gasteiger partial charge in [-0.15, -0.1) is 11.6 Å². The van der Waals surface area contributed by atoms with E-state index >= 15 is 0 Å². The lowest BCUT2D eigenvalue weighted by atomic mass is 10.1. The van der Waals surface area contributed by atoms with Gasteiger partial charge in [-0.1, -0.05) is 6.07 Å². The number of halogens is 1. The van der Waals surface area contributed by atoms with Crippen molar-refractivity contribution in [2.45, 2.75) is 13.0 Å². The van der Waals surface area contributed by atoms with Gasteiger partial charge in [-0.3, -0.25) is 0 Å². The molecule has 0 fully saturated rings. The summed E-state index contributed by atoms with van der Waals surface area (Å²) in [7, 11) is -0.397. The Morgan fingerprint density at radius 1 is 1.28 bits per heavy atom. The summed E-state index contributed by atoms with van der Waals surface area (Å²) < 4.78 is 35.4. The summed E-state index contributed by atoms with van der Waals surface area (Å²) in [6, 6.07) is 4.82. The number of hydrogen-bond donors (Lipinski definition) is 1. The minimum absolute atomic E-state index is 0.395. The van der Waals surface area contributed by atoms with Gasteiger partial charge in [-0.25, -0.2) is 13.1 Å². The largest absolute Gasteiger partial charge is 0.493 e. The fourth-order valence-electron chi connectivity index (χ4n) is 1.49. The van der Waals surface area contributed by atoms with E-state index in [1.54, 1.807) is 25.1 Å². The van der Waals surface area contributed by atoms with E-state index in [0.29, 0.717) is 11.5 Å². The Kier molecular flexibility index (Phi) is 5.25. The molecule has 102 valence electrons. The van der Waals surface area contributed by atoms with Crippen molar-refractivity contribution in [3.05, 3.63) is 23.8 Å². The number of nitrogens with one attached hydrogen (secondary N) is 1. The highest BCUT2D eigenvalue weighted by Crippen LogP contribution is 2.30. The van der Waals surface area contributed by atoms with Gasteiger partial charge in [0.15, 0.2) is 11.5 Å².